The van der Waals surface area contributed by atoms with Gasteiger partial charge in [0.05, 0.1) is 24.1 Å². The standard InChI is InChI=1S/C26H29F3N4O2/c1-25(2)19-6-4-3-5-17(19)13-21(25)31-18-9-10-20(30-14-18)23(26(27,28)29)33-12-11-32(15-22(33)34)24(35)16-7-8-16/h3-6,9-10,14,16,21,23,31H,7-8,11-13,15H2,1-2H3. The molecule has 3 aliphatic rings. The predicted octanol–water partition coefficient (Wildman–Crippen LogP) is 4.08. The highest BCUT2D eigenvalue weighted by Gasteiger charge is 2.49. The zero-order valence-corrected chi connectivity index (χ0v) is 19.8. The second kappa shape index (κ2) is 8.53. The molecule has 1 N–H and O–H groups in total. The Bertz CT molecular complexity index is 1130. The monoisotopic (exact) mass is 486 g/mol. The number of alkyl halides is 3. The van der Waals surface area contributed by atoms with Crippen molar-refractivity contribution in [2.45, 2.75) is 56.8 Å². The number of aromatic nitrogens is 1. The first-order chi connectivity index (χ1) is 16.6. The molecule has 2 amide bonds. The molecule has 0 spiro atoms. The number of pyridine rings is 1. The van der Waals surface area contributed by atoms with E-state index in [0.717, 1.165) is 24.2 Å². The Morgan fingerprint density at radius 1 is 1.14 bits per heavy atom. The van der Waals surface area contributed by atoms with Gasteiger partial charge >= 0.3 is 6.18 Å². The maximum atomic E-state index is 14.1. The lowest BCUT2D eigenvalue weighted by atomic mass is 9.83. The van der Waals surface area contributed by atoms with E-state index in [1.165, 1.54) is 28.3 Å². The van der Waals surface area contributed by atoms with Crippen molar-refractivity contribution in [3.8, 4) is 0 Å². The Labute approximate surface area is 202 Å². The number of nitrogens with one attached hydrogen (secondary N) is 1. The molecule has 2 heterocycles. The first-order valence-electron chi connectivity index (χ1n) is 12.0. The number of fused-ring (bicyclic) bond motifs is 1. The fourth-order valence-corrected chi connectivity index (χ4v) is 5.31. The molecule has 1 aromatic heterocycles. The third-order valence-corrected chi connectivity index (χ3v) is 7.53. The molecule has 0 bridgehead atoms. The van der Waals surface area contributed by atoms with Gasteiger partial charge in [0.1, 0.15) is 0 Å². The molecule has 2 aromatic rings. The Kier molecular flexibility index (Phi) is 5.76. The van der Waals surface area contributed by atoms with E-state index < -0.39 is 18.1 Å². The van der Waals surface area contributed by atoms with Gasteiger partial charge < -0.3 is 15.1 Å². The molecule has 9 heteroatoms. The number of benzene rings is 1. The third-order valence-electron chi connectivity index (χ3n) is 7.53. The van der Waals surface area contributed by atoms with Crippen LogP contribution in [-0.4, -0.2) is 58.5 Å². The minimum Gasteiger partial charge on any atom is -0.380 e. The van der Waals surface area contributed by atoms with E-state index in [2.05, 4.69) is 36.3 Å². The number of anilines is 1. The zero-order chi connectivity index (χ0) is 25.0. The largest absolute Gasteiger partial charge is 0.414 e. The third kappa shape index (κ3) is 4.48. The van der Waals surface area contributed by atoms with Crippen LogP contribution in [0.1, 0.15) is 49.6 Å². The first-order valence-corrected chi connectivity index (χ1v) is 12.0. The maximum Gasteiger partial charge on any atom is 0.414 e. The lowest BCUT2D eigenvalue weighted by molar-refractivity contribution is -0.197. The normalized spacial score (nSPS) is 22.7. The van der Waals surface area contributed by atoms with Crippen molar-refractivity contribution in [3.63, 3.8) is 0 Å². The van der Waals surface area contributed by atoms with Crippen molar-refractivity contribution in [3.05, 3.63) is 59.4 Å². The topological polar surface area (TPSA) is 65.5 Å². The lowest BCUT2D eigenvalue weighted by Gasteiger charge is -2.39. The summed E-state index contributed by atoms with van der Waals surface area (Å²) in [5.41, 5.74) is 2.78. The summed E-state index contributed by atoms with van der Waals surface area (Å²) in [6.45, 7) is 3.91. The fourth-order valence-electron chi connectivity index (χ4n) is 5.31. The summed E-state index contributed by atoms with van der Waals surface area (Å²) in [7, 11) is 0. The second-order valence-corrected chi connectivity index (χ2v) is 10.3. The number of carbonyl (C=O) groups is 2. The van der Waals surface area contributed by atoms with Gasteiger partial charge in [-0.3, -0.25) is 14.6 Å². The van der Waals surface area contributed by atoms with Crippen LogP contribution in [0.3, 0.4) is 0 Å². The van der Waals surface area contributed by atoms with Gasteiger partial charge in [-0.15, -0.1) is 0 Å². The molecule has 2 atom stereocenters. The molecule has 1 saturated carbocycles. The van der Waals surface area contributed by atoms with Gasteiger partial charge in [-0.1, -0.05) is 38.1 Å². The number of piperazine rings is 1. The molecular weight excluding hydrogens is 457 g/mol. The molecule has 186 valence electrons. The Hall–Kier alpha value is -3.10. The van der Waals surface area contributed by atoms with Crippen molar-refractivity contribution < 1.29 is 22.8 Å². The fraction of sp³-hybridized carbons (Fsp3) is 0.500. The number of halogens is 3. The number of hydrogen-bond acceptors (Lipinski definition) is 4. The molecule has 1 aromatic carbocycles. The van der Waals surface area contributed by atoms with E-state index >= 15 is 0 Å². The van der Waals surface area contributed by atoms with E-state index in [9.17, 15) is 22.8 Å². The molecule has 5 rings (SSSR count). The molecule has 2 fully saturated rings. The average Bonchev–Trinajstić information content (AvgIpc) is 3.62. The van der Waals surface area contributed by atoms with Crippen molar-refractivity contribution >= 4 is 17.5 Å². The Morgan fingerprint density at radius 2 is 1.89 bits per heavy atom. The van der Waals surface area contributed by atoms with Gasteiger partial charge in [-0.05, 0) is 42.5 Å². The molecule has 0 radical (unpaired) electrons. The van der Waals surface area contributed by atoms with E-state index in [4.69, 9.17) is 0 Å². The second-order valence-electron chi connectivity index (χ2n) is 10.3. The van der Waals surface area contributed by atoms with Crippen LogP contribution >= 0.6 is 0 Å². The van der Waals surface area contributed by atoms with Crippen LogP contribution in [0.5, 0.6) is 0 Å². The van der Waals surface area contributed by atoms with Crippen LogP contribution in [-0.2, 0) is 21.4 Å². The predicted molar refractivity (Wildman–Crippen MR) is 125 cm³/mol. The van der Waals surface area contributed by atoms with E-state index in [1.807, 2.05) is 12.1 Å². The van der Waals surface area contributed by atoms with Crippen molar-refractivity contribution in [2.75, 3.05) is 25.0 Å². The van der Waals surface area contributed by atoms with Crippen LogP contribution in [0.2, 0.25) is 0 Å². The highest BCUT2D eigenvalue weighted by atomic mass is 19.4. The van der Waals surface area contributed by atoms with E-state index in [1.54, 1.807) is 6.07 Å². The summed E-state index contributed by atoms with van der Waals surface area (Å²) >= 11 is 0. The number of rotatable bonds is 5. The van der Waals surface area contributed by atoms with Crippen LogP contribution in [0.15, 0.2) is 42.6 Å². The molecule has 35 heavy (non-hydrogen) atoms. The number of nitrogens with zero attached hydrogens (tertiary/aromatic N) is 3. The van der Waals surface area contributed by atoms with E-state index in [0.29, 0.717) is 5.69 Å². The molecule has 1 aliphatic heterocycles. The van der Waals surface area contributed by atoms with Crippen LogP contribution in [0.25, 0.3) is 0 Å². The summed E-state index contributed by atoms with van der Waals surface area (Å²) in [4.78, 5) is 31.3. The molecule has 2 aliphatic carbocycles. The maximum absolute atomic E-state index is 14.1. The van der Waals surface area contributed by atoms with Crippen molar-refractivity contribution in [2.24, 2.45) is 5.92 Å². The van der Waals surface area contributed by atoms with Crippen LogP contribution in [0.4, 0.5) is 18.9 Å². The molecule has 6 nitrogen and oxygen atoms in total. The quantitative estimate of drug-likeness (QED) is 0.692. The summed E-state index contributed by atoms with van der Waals surface area (Å²) in [6.07, 6.45) is -0.895. The van der Waals surface area contributed by atoms with Crippen LogP contribution in [0, 0.1) is 5.92 Å². The Morgan fingerprint density at radius 3 is 2.49 bits per heavy atom. The minimum atomic E-state index is -4.69. The highest BCUT2D eigenvalue weighted by molar-refractivity contribution is 5.88. The molecule has 2 unspecified atom stereocenters. The molecule has 1 saturated heterocycles. The van der Waals surface area contributed by atoms with Crippen molar-refractivity contribution in [1.82, 2.24) is 14.8 Å². The SMILES string of the molecule is CC1(C)c2ccccc2CC1Nc1ccc(C(N2CCN(C(=O)C3CC3)CC2=O)C(F)(F)F)nc1. The lowest BCUT2D eigenvalue weighted by Crippen LogP contribution is -2.55. The smallest absolute Gasteiger partial charge is 0.380 e. The molecular formula is C26H29F3N4O2. The van der Waals surface area contributed by atoms with Gasteiger partial charge in [0, 0.05) is 30.5 Å². The summed E-state index contributed by atoms with van der Waals surface area (Å²) < 4.78 is 42.3. The van der Waals surface area contributed by atoms with E-state index in [-0.39, 0.29) is 48.6 Å². The highest BCUT2D eigenvalue weighted by Crippen LogP contribution is 2.41. The van der Waals surface area contributed by atoms with Gasteiger partial charge in [-0.25, -0.2) is 0 Å². The van der Waals surface area contributed by atoms with Gasteiger partial charge in [-0.2, -0.15) is 13.2 Å². The Balaban J connectivity index is 1.31. The minimum absolute atomic E-state index is 0.0737. The van der Waals surface area contributed by atoms with Gasteiger partial charge in [0.15, 0.2) is 6.04 Å². The zero-order valence-electron chi connectivity index (χ0n) is 19.8. The van der Waals surface area contributed by atoms with Crippen LogP contribution < -0.4 is 5.32 Å². The van der Waals surface area contributed by atoms with Gasteiger partial charge in [0.2, 0.25) is 11.8 Å². The number of carbonyl (C=O) groups excluding carboxylic acids is 2. The summed E-state index contributed by atoms with van der Waals surface area (Å²) in [5.74, 6) is -0.916. The average molecular weight is 487 g/mol. The van der Waals surface area contributed by atoms with Crippen molar-refractivity contribution in [1.29, 1.82) is 0 Å². The number of amides is 2. The number of hydrogen-bond donors (Lipinski definition) is 1. The van der Waals surface area contributed by atoms with Gasteiger partial charge in [0.25, 0.3) is 0 Å². The first kappa shape index (κ1) is 23.6. The summed E-state index contributed by atoms with van der Waals surface area (Å²) in [5, 5.41) is 3.44. The summed E-state index contributed by atoms with van der Waals surface area (Å²) in [6, 6.07) is 9.10.